The molecule has 0 radical (unpaired) electrons. The van der Waals surface area contributed by atoms with Crippen molar-refractivity contribution >= 4 is 17.9 Å². The van der Waals surface area contributed by atoms with Crippen LogP contribution in [0.15, 0.2) is 0 Å². The molecule has 7 heteroatoms. The largest absolute Gasteiger partial charge is 0.480 e. The van der Waals surface area contributed by atoms with E-state index in [1.54, 1.807) is 0 Å². The Hall–Kier alpha value is -1.79. The molecule has 0 aliphatic carbocycles. The first kappa shape index (κ1) is 15.2. The van der Waals surface area contributed by atoms with E-state index in [4.69, 9.17) is 10.8 Å². The van der Waals surface area contributed by atoms with Gasteiger partial charge in [-0.25, -0.2) is 9.59 Å². The molecule has 0 spiro atoms. The number of aliphatic carboxylic acids is 1. The van der Waals surface area contributed by atoms with Crippen molar-refractivity contribution in [1.82, 2.24) is 10.6 Å². The van der Waals surface area contributed by atoms with E-state index in [2.05, 4.69) is 10.6 Å². The fourth-order valence-corrected chi connectivity index (χ4v) is 1.01. The molecule has 0 saturated carbocycles. The summed E-state index contributed by atoms with van der Waals surface area (Å²) in [4.78, 5) is 32.4. The molecule has 0 aromatic heterocycles. The molecule has 0 saturated heterocycles. The Balaban J connectivity index is 3.74. The molecule has 0 atom stereocenters. The number of hydrogen-bond acceptors (Lipinski definition) is 3. The van der Waals surface area contributed by atoms with E-state index in [0.717, 1.165) is 0 Å². The Morgan fingerprint density at radius 1 is 1.24 bits per heavy atom. The van der Waals surface area contributed by atoms with Crippen molar-refractivity contribution in [2.75, 3.05) is 6.54 Å². The number of carbonyl (C=O) groups excluding carboxylic acids is 2. The van der Waals surface area contributed by atoms with E-state index in [1.807, 2.05) is 0 Å². The van der Waals surface area contributed by atoms with Crippen LogP contribution in [-0.4, -0.2) is 35.1 Å². The van der Waals surface area contributed by atoms with E-state index in [-0.39, 0.29) is 12.3 Å². The quantitative estimate of drug-likeness (QED) is 0.464. The highest BCUT2D eigenvalue weighted by atomic mass is 16.4. The summed E-state index contributed by atoms with van der Waals surface area (Å²) in [5.41, 5.74) is 3.64. The predicted octanol–water partition coefficient (Wildman–Crippen LogP) is -0.196. The summed E-state index contributed by atoms with van der Waals surface area (Å²) in [6, 6.07) is -0.545. The molecule has 3 amide bonds. The third-order valence-electron chi connectivity index (χ3n) is 2.10. The number of primary amides is 1. The molecule has 98 valence electrons. The third-order valence-corrected chi connectivity index (χ3v) is 2.10. The van der Waals surface area contributed by atoms with Crippen LogP contribution >= 0.6 is 0 Å². The zero-order valence-electron chi connectivity index (χ0n) is 10.1. The van der Waals surface area contributed by atoms with Gasteiger partial charge >= 0.3 is 12.0 Å². The first-order chi connectivity index (χ1) is 7.75. The summed E-state index contributed by atoms with van der Waals surface area (Å²) in [6.45, 7) is 3.15. The minimum atomic E-state index is -1.31. The first-order valence-electron chi connectivity index (χ1n) is 5.33. The zero-order valence-corrected chi connectivity index (χ0v) is 10.1. The lowest BCUT2D eigenvalue weighted by Crippen LogP contribution is -2.53. The van der Waals surface area contributed by atoms with Crippen LogP contribution in [-0.2, 0) is 9.59 Å². The maximum atomic E-state index is 11.3. The van der Waals surface area contributed by atoms with Crippen molar-refractivity contribution < 1.29 is 19.5 Å². The number of nitrogens with one attached hydrogen (secondary N) is 2. The number of nitrogens with two attached hydrogens (primary N) is 1. The Kier molecular flexibility index (Phi) is 6.01. The Labute approximate surface area is 99.7 Å². The summed E-state index contributed by atoms with van der Waals surface area (Å²) in [7, 11) is 0. The zero-order chi connectivity index (χ0) is 13.5. The van der Waals surface area contributed by atoms with Crippen molar-refractivity contribution in [3.8, 4) is 0 Å². The molecule has 0 aromatic carbocycles. The van der Waals surface area contributed by atoms with E-state index < -0.39 is 17.5 Å². The van der Waals surface area contributed by atoms with Gasteiger partial charge in [-0.05, 0) is 26.7 Å². The van der Waals surface area contributed by atoms with Crippen LogP contribution in [0.4, 0.5) is 4.79 Å². The van der Waals surface area contributed by atoms with Gasteiger partial charge in [-0.15, -0.1) is 0 Å². The average Bonchev–Trinajstić information content (AvgIpc) is 2.15. The van der Waals surface area contributed by atoms with Gasteiger partial charge in [0.25, 0.3) is 0 Å². The highest BCUT2D eigenvalue weighted by molar-refractivity contribution is 5.85. The van der Waals surface area contributed by atoms with Crippen molar-refractivity contribution in [2.45, 2.75) is 38.6 Å². The number of carboxylic acid groups (broad SMARTS) is 1. The van der Waals surface area contributed by atoms with Crippen LogP contribution in [0.1, 0.15) is 33.1 Å². The molecule has 5 N–H and O–H groups in total. The fourth-order valence-electron chi connectivity index (χ4n) is 1.01. The van der Waals surface area contributed by atoms with Crippen molar-refractivity contribution in [1.29, 1.82) is 0 Å². The van der Waals surface area contributed by atoms with E-state index >= 15 is 0 Å². The molecule has 0 fully saturated rings. The first-order valence-corrected chi connectivity index (χ1v) is 5.33. The third kappa shape index (κ3) is 7.15. The van der Waals surface area contributed by atoms with Gasteiger partial charge in [0.2, 0.25) is 5.91 Å². The summed E-state index contributed by atoms with van der Waals surface area (Å²) < 4.78 is 0. The normalized spacial score (nSPS) is 10.7. The molecule has 17 heavy (non-hydrogen) atoms. The Morgan fingerprint density at radius 3 is 2.29 bits per heavy atom. The molecule has 0 rings (SSSR count). The molecule has 0 aromatic rings. The summed E-state index contributed by atoms with van der Waals surface area (Å²) in [5.74, 6) is -1.48. The topological polar surface area (TPSA) is 122 Å². The van der Waals surface area contributed by atoms with Gasteiger partial charge < -0.3 is 21.5 Å². The number of urea groups is 1. The van der Waals surface area contributed by atoms with Crippen LogP contribution < -0.4 is 16.4 Å². The minimum absolute atomic E-state index is 0.282. The van der Waals surface area contributed by atoms with Gasteiger partial charge in [0.15, 0.2) is 0 Å². The molecule has 7 nitrogen and oxygen atoms in total. The van der Waals surface area contributed by atoms with Gasteiger partial charge in [-0.3, -0.25) is 4.79 Å². The number of carbonyl (C=O) groups is 3. The SMILES string of the molecule is CC(C)(NC(=O)NCCCCC(N)=O)C(=O)O. The minimum Gasteiger partial charge on any atom is -0.480 e. The second-order valence-electron chi connectivity index (χ2n) is 4.23. The predicted molar refractivity (Wildman–Crippen MR) is 61.3 cm³/mol. The number of carboxylic acids is 1. The van der Waals surface area contributed by atoms with Crippen LogP contribution in [0.2, 0.25) is 0 Å². The van der Waals surface area contributed by atoms with E-state index in [1.165, 1.54) is 13.8 Å². The standard InChI is InChI=1S/C10H19N3O4/c1-10(2,8(15)16)13-9(17)12-6-4-3-5-7(11)14/h3-6H2,1-2H3,(H2,11,14)(H,15,16)(H2,12,13,17). The smallest absolute Gasteiger partial charge is 0.328 e. The molecule has 0 unspecified atom stereocenters. The van der Waals surface area contributed by atoms with Crippen LogP contribution in [0, 0.1) is 0 Å². The second kappa shape index (κ2) is 6.72. The van der Waals surface area contributed by atoms with Gasteiger partial charge in [0.1, 0.15) is 5.54 Å². The van der Waals surface area contributed by atoms with E-state index in [9.17, 15) is 14.4 Å². The van der Waals surface area contributed by atoms with Gasteiger partial charge in [0, 0.05) is 13.0 Å². The monoisotopic (exact) mass is 245 g/mol. The Bertz CT molecular complexity index is 302. The molecule has 0 aliphatic heterocycles. The van der Waals surface area contributed by atoms with Crippen LogP contribution in [0.25, 0.3) is 0 Å². The van der Waals surface area contributed by atoms with Crippen LogP contribution in [0.5, 0.6) is 0 Å². The Morgan fingerprint density at radius 2 is 1.82 bits per heavy atom. The number of hydrogen-bond donors (Lipinski definition) is 4. The summed E-state index contributed by atoms with van der Waals surface area (Å²) in [5, 5.41) is 13.6. The number of rotatable bonds is 7. The summed E-state index contributed by atoms with van der Waals surface area (Å²) >= 11 is 0. The highest BCUT2D eigenvalue weighted by Crippen LogP contribution is 2.01. The maximum absolute atomic E-state index is 11.3. The van der Waals surface area contributed by atoms with Crippen molar-refractivity contribution in [3.05, 3.63) is 0 Å². The molecule has 0 aliphatic rings. The second-order valence-corrected chi connectivity index (χ2v) is 4.23. The molecular weight excluding hydrogens is 226 g/mol. The lowest BCUT2D eigenvalue weighted by Gasteiger charge is -2.21. The number of unbranched alkanes of at least 4 members (excludes halogenated alkanes) is 1. The maximum Gasteiger partial charge on any atom is 0.328 e. The fraction of sp³-hybridized carbons (Fsp3) is 0.700. The van der Waals surface area contributed by atoms with E-state index in [0.29, 0.717) is 19.4 Å². The highest BCUT2D eigenvalue weighted by Gasteiger charge is 2.28. The number of amides is 3. The molecular formula is C10H19N3O4. The lowest BCUT2D eigenvalue weighted by atomic mass is 10.1. The van der Waals surface area contributed by atoms with Crippen molar-refractivity contribution in [2.24, 2.45) is 5.73 Å². The van der Waals surface area contributed by atoms with Crippen molar-refractivity contribution in [3.63, 3.8) is 0 Å². The average molecular weight is 245 g/mol. The summed E-state index contributed by atoms with van der Waals surface area (Å²) in [6.07, 6.45) is 1.49. The molecule has 0 heterocycles. The molecule has 0 bridgehead atoms. The lowest BCUT2D eigenvalue weighted by molar-refractivity contribution is -0.142. The van der Waals surface area contributed by atoms with Gasteiger partial charge in [-0.2, -0.15) is 0 Å². The van der Waals surface area contributed by atoms with Crippen LogP contribution in [0.3, 0.4) is 0 Å². The van der Waals surface area contributed by atoms with Gasteiger partial charge in [0.05, 0.1) is 0 Å². The van der Waals surface area contributed by atoms with Gasteiger partial charge in [-0.1, -0.05) is 0 Å².